The summed E-state index contributed by atoms with van der Waals surface area (Å²) in [6.07, 6.45) is 20.6. The fourth-order valence-electron chi connectivity index (χ4n) is 6.10. The lowest BCUT2D eigenvalue weighted by Crippen LogP contribution is -2.37. The van der Waals surface area contributed by atoms with Crippen molar-refractivity contribution in [2.24, 2.45) is 11.8 Å². The van der Waals surface area contributed by atoms with Crippen LogP contribution in [0.2, 0.25) is 6.32 Å². The first kappa shape index (κ1) is 35.4. The number of fused-ring (bicyclic) bond motifs is 2. The van der Waals surface area contributed by atoms with Crippen LogP contribution in [0.15, 0.2) is 54.6 Å². The fourth-order valence-corrected chi connectivity index (χ4v) is 6.29. The van der Waals surface area contributed by atoms with Crippen molar-refractivity contribution in [2.75, 3.05) is 12.4 Å². The van der Waals surface area contributed by atoms with Crippen molar-refractivity contribution < 1.29 is 23.6 Å². The van der Waals surface area contributed by atoms with Crippen molar-refractivity contribution in [2.45, 2.75) is 122 Å². The van der Waals surface area contributed by atoms with Gasteiger partial charge in [-0.25, -0.2) is 0 Å². The van der Waals surface area contributed by atoms with Gasteiger partial charge in [0, 0.05) is 37.3 Å². The molecule has 1 aromatic rings. The van der Waals surface area contributed by atoms with Gasteiger partial charge in [0.05, 0.1) is 6.10 Å². The summed E-state index contributed by atoms with van der Waals surface area (Å²) in [6.45, 7) is 4.81. The summed E-state index contributed by atoms with van der Waals surface area (Å²) in [7, 11) is -0.148. The second-order valence-electron chi connectivity index (χ2n) is 11.9. The summed E-state index contributed by atoms with van der Waals surface area (Å²) < 4.78 is 19.0. The molecule has 2 fully saturated rings. The average Bonchev–Trinajstić information content (AvgIpc) is 3.25. The zero-order valence-electron chi connectivity index (χ0n) is 26.4. The SMILES string of the molecule is CCCCB1O[C@H]2C[C@@H](O1)[C@H](/C=C/[C@H](CCc1ccccc1)OC(=O)CCCCCCl)[C@H]2C/C=C\CCCC(=O)NCC. The van der Waals surface area contributed by atoms with Crippen LogP contribution in [-0.2, 0) is 30.1 Å². The number of allylic oxidation sites excluding steroid dienone is 2. The minimum Gasteiger partial charge on any atom is -0.458 e. The molecule has 0 spiro atoms. The second kappa shape index (κ2) is 20.8. The molecule has 0 radical (unpaired) electrons. The third-order valence-electron chi connectivity index (χ3n) is 8.44. The van der Waals surface area contributed by atoms with Crippen LogP contribution >= 0.6 is 11.6 Å². The predicted octanol–water partition coefficient (Wildman–Crippen LogP) is 7.85. The number of hydrogen-bond acceptors (Lipinski definition) is 5. The Hall–Kier alpha value is -2.09. The van der Waals surface area contributed by atoms with Crippen molar-refractivity contribution in [3.63, 3.8) is 0 Å². The van der Waals surface area contributed by atoms with Crippen molar-refractivity contribution in [3.8, 4) is 0 Å². The van der Waals surface area contributed by atoms with E-state index in [4.69, 9.17) is 25.6 Å². The Balaban J connectivity index is 1.67. The molecule has 1 aliphatic carbocycles. The number of aryl methyl sites for hydroxylation is 1. The van der Waals surface area contributed by atoms with Crippen LogP contribution in [0.5, 0.6) is 0 Å². The molecule has 0 aromatic heterocycles. The molecule has 1 N–H and O–H groups in total. The number of carbonyl (C=O) groups excluding carboxylic acids is 2. The highest BCUT2D eigenvalue weighted by molar-refractivity contribution is 6.44. The molecule has 5 atom stereocenters. The second-order valence-corrected chi connectivity index (χ2v) is 12.3. The number of benzene rings is 1. The third-order valence-corrected chi connectivity index (χ3v) is 8.71. The Labute approximate surface area is 265 Å². The van der Waals surface area contributed by atoms with Crippen molar-refractivity contribution >= 4 is 30.6 Å². The summed E-state index contributed by atoms with van der Waals surface area (Å²) in [6, 6.07) is 10.4. The lowest BCUT2D eigenvalue weighted by molar-refractivity contribution is -0.147. The summed E-state index contributed by atoms with van der Waals surface area (Å²) in [4.78, 5) is 24.5. The first-order valence-corrected chi connectivity index (χ1v) is 17.3. The molecule has 238 valence electrons. The number of unbranched alkanes of at least 4 members (excludes halogenated alkanes) is 4. The molecule has 0 unspecified atom stereocenters. The Morgan fingerprint density at radius 2 is 1.86 bits per heavy atom. The molecule has 3 rings (SSSR count). The van der Waals surface area contributed by atoms with Gasteiger partial charge < -0.3 is 19.4 Å². The Morgan fingerprint density at radius 1 is 1.05 bits per heavy atom. The number of hydrogen-bond donors (Lipinski definition) is 1. The summed E-state index contributed by atoms with van der Waals surface area (Å²) in [5.74, 6) is 1.09. The monoisotopic (exact) mass is 613 g/mol. The van der Waals surface area contributed by atoms with Gasteiger partial charge in [-0.2, -0.15) is 0 Å². The van der Waals surface area contributed by atoms with Crippen molar-refractivity contribution in [1.82, 2.24) is 5.32 Å². The maximum atomic E-state index is 12.8. The molecule has 1 saturated heterocycles. The zero-order valence-corrected chi connectivity index (χ0v) is 27.1. The number of ether oxygens (including phenoxy) is 1. The lowest BCUT2D eigenvalue weighted by Gasteiger charge is -2.27. The molecule has 2 bridgehead atoms. The number of alkyl halides is 1. The number of rotatable bonds is 21. The van der Waals surface area contributed by atoms with E-state index in [1.807, 2.05) is 25.1 Å². The fraction of sp³-hybridized carbons (Fsp3) is 0.657. The highest BCUT2D eigenvalue weighted by Gasteiger charge is 2.49. The molecule has 1 aliphatic heterocycles. The van der Waals surface area contributed by atoms with Crippen LogP contribution < -0.4 is 5.32 Å². The minimum atomic E-state index is -0.288. The molecule has 1 saturated carbocycles. The standard InChI is InChI=1S/C35H53BClNO5/c1-3-5-25-36-42-32-27-33(43-36)31(30(32)18-12-6-7-13-19-34(39)38-4-2)24-23-29(22-21-28-16-10-8-11-17-28)41-35(40)20-14-9-15-26-37/h6,8,10-12,16-17,23-24,29-33H,3-5,7,9,13-15,18-22,25-27H2,1-2H3,(H,38,39)/b12-6-,24-23+/t29-,30+,31+,32-,33+/m0/s1. The number of carbonyl (C=O) groups is 2. The molecule has 1 heterocycles. The summed E-state index contributed by atoms with van der Waals surface area (Å²) in [5, 5.41) is 2.86. The van der Waals surface area contributed by atoms with E-state index in [1.165, 1.54) is 5.56 Å². The third kappa shape index (κ3) is 13.2. The van der Waals surface area contributed by atoms with Gasteiger partial charge >= 0.3 is 13.1 Å². The normalized spacial score (nSPS) is 22.3. The van der Waals surface area contributed by atoms with Crippen LogP contribution in [0.1, 0.15) is 96.5 Å². The van der Waals surface area contributed by atoms with Gasteiger partial charge in [-0.1, -0.05) is 74.7 Å². The highest BCUT2D eigenvalue weighted by atomic mass is 35.5. The molecular weight excluding hydrogens is 561 g/mol. The highest BCUT2D eigenvalue weighted by Crippen LogP contribution is 2.44. The maximum absolute atomic E-state index is 12.8. The predicted molar refractivity (Wildman–Crippen MR) is 176 cm³/mol. The van der Waals surface area contributed by atoms with Crippen LogP contribution in [-0.4, -0.2) is 49.7 Å². The van der Waals surface area contributed by atoms with E-state index in [9.17, 15) is 9.59 Å². The topological polar surface area (TPSA) is 73.9 Å². The molecule has 6 nitrogen and oxygen atoms in total. The van der Waals surface area contributed by atoms with E-state index >= 15 is 0 Å². The lowest BCUT2D eigenvalue weighted by atomic mass is 9.80. The molecule has 1 amide bonds. The van der Waals surface area contributed by atoms with Gasteiger partial charge in [0.15, 0.2) is 0 Å². The van der Waals surface area contributed by atoms with Gasteiger partial charge in [-0.05, 0) is 82.2 Å². The molecule has 43 heavy (non-hydrogen) atoms. The Bertz CT molecular complexity index is 990. The summed E-state index contributed by atoms with van der Waals surface area (Å²) in [5.41, 5.74) is 1.24. The van der Waals surface area contributed by atoms with E-state index < -0.39 is 0 Å². The average molecular weight is 614 g/mol. The van der Waals surface area contributed by atoms with Crippen LogP contribution in [0.3, 0.4) is 0 Å². The van der Waals surface area contributed by atoms with Gasteiger partial charge in [0.25, 0.3) is 0 Å². The van der Waals surface area contributed by atoms with Gasteiger partial charge in [-0.15, -0.1) is 11.6 Å². The Morgan fingerprint density at radius 3 is 2.63 bits per heavy atom. The minimum absolute atomic E-state index is 0.106. The number of halogens is 1. The maximum Gasteiger partial charge on any atom is 0.457 e. The van der Waals surface area contributed by atoms with Gasteiger partial charge in [-0.3, -0.25) is 9.59 Å². The molecular formula is C35H53BClNO5. The van der Waals surface area contributed by atoms with Crippen LogP contribution in [0.4, 0.5) is 0 Å². The molecule has 2 aliphatic rings. The van der Waals surface area contributed by atoms with Crippen molar-refractivity contribution in [1.29, 1.82) is 0 Å². The van der Waals surface area contributed by atoms with Crippen molar-refractivity contribution in [3.05, 3.63) is 60.2 Å². The van der Waals surface area contributed by atoms with Gasteiger partial charge in [0.1, 0.15) is 6.10 Å². The first-order chi connectivity index (χ1) is 21.0. The zero-order chi connectivity index (χ0) is 30.7. The van der Waals surface area contributed by atoms with Crippen LogP contribution in [0, 0.1) is 11.8 Å². The van der Waals surface area contributed by atoms with E-state index in [1.54, 1.807) is 0 Å². The number of esters is 1. The van der Waals surface area contributed by atoms with Crippen LogP contribution in [0.25, 0.3) is 0 Å². The largest absolute Gasteiger partial charge is 0.458 e. The van der Waals surface area contributed by atoms with E-state index in [2.05, 4.69) is 48.7 Å². The number of amides is 1. The van der Waals surface area contributed by atoms with E-state index in [0.29, 0.717) is 31.2 Å². The van der Waals surface area contributed by atoms with E-state index in [-0.39, 0.29) is 43.2 Å². The summed E-state index contributed by atoms with van der Waals surface area (Å²) >= 11 is 5.80. The quantitative estimate of drug-likeness (QED) is 0.0503. The van der Waals surface area contributed by atoms with E-state index in [0.717, 1.165) is 76.9 Å². The molecule has 1 aromatic carbocycles. The first-order valence-electron chi connectivity index (χ1n) is 16.7. The Kier molecular flexibility index (Phi) is 17.1. The molecule has 8 heteroatoms. The van der Waals surface area contributed by atoms with Gasteiger partial charge in [0.2, 0.25) is 5.91 Å². The smallest absolute Gasteiger partial charge is 0.457 e. The number of nitrogens with one attached hydrogen (secondary N) is 1.